The second kappa shape index (κ2) is 9.73. The predicted molar refractivity (Wildman–Crippen MR) is 126 cm³/mol. The summed E-state index contributed by atoms with van der Waals surface area (Å²) >= 11 is 0. The van der Waals surface area contributed by atoms with E-state index in [9.17, 15) is 22.8 Å². The van der Waals surface area contributed by atoms with E-state index in [1.807, 2.05) is 13.0 Å². The average molecular weight is 483 g/mol. The van der Waals surface area contributed by atoms with E-state index in [1.54, 1.807) is 31.4 Å². The summed E-state index contributed by atoms with van der Waals surface area (Å²) in [5, 5.41) is 5.10. The van der Waals surface area contributed by atoms with Gasteiger partial charge in [0.15, 0.2) is 0 Å². The molecule has 0 spiro atoms. The molecule has 7 nitrogen and oxygen atoms in total. The molecule has 1 fully saturated rings. The first-order valence-electron chi connectivity index (χ1n) is 11.0. The van der Waals surface area contributed by atoms with Crippen molar-refractivity contribution in [1.82, 2.24) is 15.3 Å². The van der Waals surface area contributed by atoms with Crippen molar-refractivity contribution in [3.05, 3.63) is 82.9 Å². The lowest BCUT2D eigenvalue weighted by Gasteiger charge is -2.20. The zero-order chi connectivity index (χ0) is 25.2. The molecule has 0 radical (unpaired) electrons. The molecule has 35 heavy (non-hydrogen) atoms. The van der Waals surface area contributed by atoms with E-state index >= 15 is 0 Å². The first kappa shape index (κ1) is 24.2. The largest absolute Gasteiger partial charge is 0.417 e. The number of aromatic nitrogens is 2. The van der Waals surface area contributed by atoms with Gasteiger partial charge in [0, 0.05) is 44.0 Å². The number of carbonyl (C=O) groups is 2. The number of aryl methyl sites for hydroxylation is 1. The molecule has 2 aromatic heterocycles. The van der Waals surface area contributed by atoms with Gasteiger partial charge in [-0.3, -0.25) is 19.6 Å². The van der Waals surface area contributed by atoms with Crippen LogP contribution < -0.4 is 15.5 Å². The molecule has 0 unspecified atom stereocenters. The molecule has 0 saturated carbocycles. The standard InChI is InChI=1S/C25H24F3N5O2/c1-15-3-4-16(24(35)32-20-9-19(11-31-12-20)25(26,27)28)8-22(15)17-5-6-33(14-17)21-7-18(10-30-13-21)23(34)29-2/h3-4,7-13,17H,5-6,14H2,1-2H3,(H,29,34)(H,32,35)/t17-/m1/s1. The van der Waals surface area contributed by atoms with Crippen LogP contribution in [0, 0.1) is 6.92 Å². The fourth-order valence-corrected chi connectivity index (χ4v) is 4.21. The van der Waals surface area contributed by atoms with Gasteiger partial charge in [-0.1, -0.05) is 6.07 Å². The Morgan fingerprint density at radius 3 is 2.51 bits per heavy atom. The summed E-state index contributed by atoms with van der Waals surface area (Å²) in [5.41, 5.74) is 2.74. The molecule has 1 aliphatic rings. The van der Waals surface area contributed by atoms with Crippen molar-refractivity contribution in [3.8, 4) is 0 Å². The van der Waals surface area contributed by atoms with E-state index < -0.39 is 17.6 Å². The molecule has 1 atom stereocenters. The van der Waals surface area contributed by atoms with E-state index in [-0.39, 0.29) is 17.5 Å². The van der Waals surface area contributed by atoms with Crippen LogP contribution in [-0.4, -0.2) is 41.9 Å². The van der Waals surface area contributed by atoms with E-state index in [2.05, 4.69) is 25.5 Å². The summed E-state index contributed by atoms with van der Waals surface area (Å²) in [7, 11) is 1.57. The van der Waals surface area contributed by atoms with Crippen molar-refractivity contribution in [2.45, 2.75) is 25.4 Å². The molecule has 3 aromatic rings. The van der Waals surface area contributed by atoms with Crippen molar-refractivity contribution in [1.29, 1.82) is 0 Å². The van der Waals surface area contributed by atoms with Crippen LogP contribution in [0.3, 0.4) is 0 Å². The van der Waals surface area contributed by atoms with Crippen LogP contribution in [0.25, 0.3) is 0 Å². The van der Waals surface area contributed by atoms with Crippen molar-refractivity contribution in [2.24, 2.45) is 0 Å². The lowest BCUT2D eigenvalue weighted by atomic mass is 9.92. The van der Waals surface area contributed by atoms with Crippen LogP contribution in [0.1, 0.15) is 49.7 Å². The van der Waals surface area contributed by atoms with Crippen LogP contribution in [0.4, 0.5) is 24.5 Å². The topological polar surface area (TPSA) is 87.2 Å². The van der Waals surface area contributed by atoms with Gasteiger partial charge < -0.3 is 15.5 Å². The van der Waals surface area contributed by atoms with Gasteiger partial charge in [0.2, 0.25) is 0 Å². The number of halogens is 3. The molecule has 2 amide bonds. The number of amides is 2. The maximum Gasteiger partial charge on any atom is 0.417 e. The summed E-state index contributed by atoms with van der Waals surface area (Å²) in [6, 6.07) is 7.94. The third-order valence-electron chi connectivity index (χ3n) is 6.07. The van der Waals surface area contributed by atoms with Gasteiger partial charge in [0.25, 0.3) is 11.8 Å². The van der Waals surface area contributed by atoms with Gasteiger partial charge in [-0.15, -0.1) is 0 Å². The van der Waals surface area contributed by atoms with E-state index in [1.165, 1.54) is 12.4 Å². The Bertz CT molecular complexity index is 1260. The number of benzene rings is 1. The maximum atomic E-state index is 13.0. The van der Waals surface area contributed by atoms with E-state index in [0.717, 1.165) is 35.8 Å². The zero-order valence-electron chi connectivity index (χ0n) is 19.2. The van der Waals surface area contributed by atoms with Crippen molar-refractivity contribution in [3.63, 3.8) is 0 Å². The Kier molecular flexibility index (Phi) is 6.72. The third-order valence-corrected chi connectivity index (χ3v) is 6.07. The van der Waals surface area contributed by atoms with Gasteiger partial charge in [-0.25, -0.2) is 0 Å². The van der Waals surface area contributed by atoms with E-state index in [0.29, 0.717) is 23.9 Å². The molecule has 182 valence electrons. The van der Waals surface area contributed by atoms with Crippen molar-refractivity contribution in [2.75, 3.05) is 30.4 Å². The predicted octanol–water partition coefficient (Wildman–Crippen LogP) is 4.41. The molecule has 1 aliphatic heterocycles. The lowest BCUT2D eigenvalue weighted by Crippen LogP contribution is -2.22. The normalized spacial score (nSPS) is 15.7. The lowest BCUT2D eigenvalue weighted by molar-refractivity contribution is -0.137. The highest BCUT2D eigenvalue weighted by atomic mass is 19.4. The molecular formula is C25H24F3N5O2. The minimum absolute atomic E-state index is 0.0255. The van der Waals surface area contributed by atoms with Gasteiger partial charge in [-0.05, 0) is 48.7 Å². The SMILES string of the molecule is CNC(=O)c1cncc(N2CC[C@@H](c3cc(C(=O)Nc4cncc(C(F)(F)F)c4)ccc3C)C2)c1. The highest BCUT2D eigenvalue weighted by Crippen LogP contribution is 2.33. The number of hydrogen-bond acceptors (Lipinski definition) is 5. The van der Waals surface area contributed by atoms with Crippen molar-refractivity contribution < 1.29 is 22.8 Å². The summed E-state index contributed by atoms with van der Waals surface area (Å²) in [6.45, 7) is 3.40. The molecule has 0 aliphatic carbocycles. The summed E-state index contributed by atoms with van der Waals surface area (Å²) in [4.78, 5) is 34.6. The molecule has 2 N–H and O–H groups in total. The fraction of sp³-hybridized carbons (Fsp3) is 0.280. The van der Waals surface area contributed by atoms with Crippen LogP contribution in [0.2, 0.25) is 0 Å². The number of nitrogens with zero attached hydrogens (tertiary/aromatic N) is 3. The number of hydrogen-bond donors (Lipinski definition) is 2. The van der Waals surface area contributed by atoms with Gasteiger partial charge >= 0.3 is 6.18 Å². The molecule has 10 heteroatoms. The second-order valence-corrected chi connectivity index (χ2v) is 8.43. The maximum absolute atomic E-state index is 13.0. The molecule has 1 aromatic carbocycles. The third kappa shape index (κ3) is 5.42. The highest BCUT2D eigenvalue weighted by molar-refractivity contribution is 6.04. The van der Waals surface area contributed by atoms with E-state index in [4.69, 9.17) is 0 Å². The molecule has 4 rings (SSSR count). The Labute approximate surface area is 200 Å². The number of pyridine rings is 2. The summed E-state index contributed by atoms with van der Waals surface area (Å²) < 4.78 is 38.9. The average Bonchev–Trinajstić information content (AvgIpc) is 3.33. The minimum atomic E-state index is -4.55. The summed E-state index contributed by atoms with van der Waals surface area (Å²) in [6.07, 6.45) is 1.42. The smallest absolute Gasteiger partial charge is 0.370 e. The van der Waals surface area contributed by atoms with Crippen LogP contribution in [0.15, 0.2) is 55.1 Å². The second-order valence-electron chi connectivity index (χ2n) is 8.43. The first-order chi connectivity index (χ1) is 16.7. The molecule has 1 saturated heterocycles. The van der Waals surface area contributed by atoms with Crippen molar-refractivity contribution >= 4 is 23.2 Å². The first-order valence-corrected chi connectivity index (χ1v) is 11.0. The molecule has 3 heterocycles. The minimum Gasteiger partial charge on any atom is -0.370 e. The fourth-order valence-electron chi connectivity index (χ4n) is 4.21. The Morgan fingerprint density at radius 2 is 1.77 bits per heavy atom. The van der Waals surface area contributed by atoms with Gasteiger partial charge in [-0.2, -0.15) is 13.2 Å². The quantitative estimate of drug-likeness (QED) is 0.562. The van der Waals surface area contributed by atoms with Crippen LogP contribution in [-0.2, 0) is 6.18 Å². The van der Waals surface area contributed by atoms with Gasteiger partial charge in [0.05, 0.1) is 34.9 Å². The number of carbonyl (C=O) groups excluding carboxylic acids is 2. The van der Waals surface area contributed by atoms with Gasteiger partial charge in [0.1, 0.15) is 0 Å². The number of anilines is 2. The monoisotopic (exact) mass is 483 g/mol. The van der Waals surface area contributed by atoms with Crippen LogP contribution in [0.5, 0.6) is 0 Å². The number of alkyl halides is 3. The summed E-state index contributed by atoms with van der Waals surface area (Å²) in [5.74, 6) is -0.577. The Morgan fingerprint density at radius 1 is 1.00 bits per heavy atom. The Hall–Kier alpha value is -3.95. The highest BCUT2D eigenvalue weighted by Gasteiger charge is 2.31. The molecule has 0 bridgehead atoms. The number of rotatable bonds is 5. The zero-order valence-corrected chi connectivity index (χ0v) is 19.2. The molecular weight excluding hydrogens is 459 g/mol. The Balaban J connectivity index is 1.50. The van der Waals surface area contributed by atoms with Crippen LogP contribution >= 0.6 is 0 Å². The number of nitrogens with one attached hydrogen (secondary N) is 2.